The SMILES string of the molecule is Cc1cccc(C(=O)[O-])c1NC(=O)[C@H](C)Oc1ccc(Cl)cc1Cl. The second kappa shape index (κ2) is 7.55. The van der Waals surface area contributed by atoms with Crippen LogP contribution in [0.5, 0.6) is 5.75 Å². The van der Waals surface area contributed by atoms with Crippen molar-refractivity contribution in [3.05, 3.63) is 57.6 Å². The van der Waals surface area contributed by atoms with Gasteiger partial charge in [-0.15, -0.1) is 0 Å². The van der Waals surface area contributed by atoms with Crippen molar-refractivity contribution in [2.75, 3.05) is 5.32 Å². The number of rotatable bonds is 5. The zero-order valence-corrected chi connectivity index (χ0v) is 14.4. The lowest BCUT2D eigenvalue weighted by Crippen LogP contribution is -2.32. The Balaban J connectivity index is 2.16. The Morgan fingerprint density at radius 3 is 2.54 bits per heavy atom. The Morgan fingerprint density at radius 2 is 1.92 bits per heavy atom. The van der Waals surface area contributed by atoms with E-state index in [-0.39, 0.29) is 16.3 Å². The molecule has 0 saturated heterocycles. The fourth-order valence-electron chi connectivity index (χ4n) is 2.04. The van der Waals surface area contributed by atoms with Gasteiger partial charge in [-0.25, -0.2) is 0 Å². The molecule has 7 heteroatoms. The van der Waals surface area contributed by atoms with Crippen molar-refractivity contribution in [1.29, 1.82) is 0 Å². The summed E-state index contributed by atoms with van der Waals surface area (Å²) < 4.78 is 5.51. The highest BCUT2D eigenvalue weighted by Crippen LogP contribution is 2.28. The second-order valence-corrected chi connectivity index (χ2v) is 5.95. The Labute approximate surface area is 149 Å². The molecule has 0 saturated carbocycles. The highest BCUT2D eigenvalue weighted by Gasteiger charge is 2.19. The van der Waals surface area contributed by atoms with E-state index in [4.69, 9.17) is 27.9 Å². The van der Waals surface area contributed by atoms with Gasteiger partial charge < -0.3 is 20.0 Å². The highest BCUT2D eigenvalue weighted by molar-refractivity contribution is 6.35. The zero-order valence-electron chi connectivity index (χ0n) is 12.9. The summed E-state index contributed by atoms with van der Waals surface area (Å²) in [5.41, 5.74) is 0.682. The number of carbonyl (C=O) groups is 2. The first kappa shape index (κ1) is 18.1. The maximum Gasteiger partial charge on any atom is 0.265 e. The van der Waals surface area contributed by atoms with Crippen LogP contribution in [0.25, 0.3) is 0 Å². The third-order valence-electron chi connectivity index (χ3n) is 3.31. The van der Waals surface area contributed by atoms with Crippen molar-refractivity contribution in [3.8, 4) is 5.75 Å². The van der Waals surface area contributed by atoms with Crippen molar-refractivity contribution in [1.82, 2.24) is 0 Å². The van der Waals surface area contributed by atoms with Crippen LogP contribution >= 0.6 is 23.2 Å². The molecule has 0 bridgehead atoms. The quantitative estimate of drug-likeness (QED) is 0.881. The molecule has 0 aliphatic rings. The van der Waals surface area contributed by atoms with Crippen LogP contribution in [-0.4, -0.2) is 18.0 Å². The molecule has 5 nitrogen and oxygen atoms in total. The van der Waals surface area contributed by atoms with Crippen molar-refractivity contribution < 1.29 is 19.4 Å². The minimum absolute atomic E-state index is 0.0972. The minimum Gasteiger partial charge on any atom is -0.545 e. The van der Waals surface area contributed by atoms with Crippen LogP contribution in [0.3, 0.4) is 0 Å². The maximum absolute atomic E-state index is 12.3. The highest BCUT2D eigenvalue weighted by atomic mass is 35.5. The molecule has 0 fully saturated rings. The number of aryl methyl sites for hydroxylation is 1. The van der Waals surface area contributed by atoms with E-state index in [1.807, 2.05) is 0 Å². The monoisotopic (exact) mass is 366 g/mol. The molecule has 1 N–H and O–H groups in total. The molecule has 2 rings (SSSR count). The van der Waals surface area contributed by atoms with Gasteiger partial charge in [0.15, 0.2) is 6.10 Å². The Hall–Kier alpha value is -2.24. The minimum atomic E-state index is -1.37. The largest absolute Gasteiger partial charge is 0.545 e. The fraction of sp³-hybridized carbons (Fsp3) is 0.176. The van der Waals surface area contributed by atoms with Crippen LogP contribution < -0.4 is 15.2 Å². The number of nitrogens with one attached hydrogen (secondary N) is 1. The summed E-state index contributed by atoms with van der Waals surface area (Å²) in [6.07, 6.45) is -0.905. The average Bonchev–Trinajstić information content (AvgIpc) is 2.51. The molecule has 126 valence electrons. The predicted molar refractivity (Wildman–Crippen MR) is 90.7 cm³/mol. The Morgan fingerprint density at radius 1 is 1.21 bits per heavy atom. The summed E-state index contributed by atoms with van der Waals surface area (Å²) in [4.78, 5) is 23.5. The molecule has 0 aliphatic heterocycles. The van der Waals surface area contributed by atoms with E-state index in [0.717, 1.165) is 0 Å². The van der Waals surface area contributed by atoms with E-state index < -0.39 is 18.0 Å². The van der Waals surface area contributed by atoms with Gasteiger partial charge in [-0.1, -0.05) is 41.4 Å². The number of para-hydroxylation sites is 1. The number of hydrogen-bond acceptors (Lipinski definition) is 4. The molecule has 24 heavy (non-hydrogen) atoms. The summed E-state index contributed by atoms with van der Waals surface area (Å²) in [5.74, 6) is -1.59. The molecular formula is C17H14Cl2NO4-. The molecule has 0 aliphatic carbocycles. The van der Waals surface area contributed by atoms with Crippen LogP contribution in [0.15, 0.2) is 36.4 Å². The third-order valence-corrected chi connectivity index (χ3v) is 3.84. The van der Waals surface area contributed by atoms with Crippen LogP contribution in [0.4, 0.5) is 5.69 Å². The van der Waals surface area contributed by atoms with E-state index >= 15 is 0 Å². The van der Waals surface area contributed by atoms with Crippen LogP contribution in [0.2, 0.25) is 10.0 Å². The first-order valence-electron chi connectivity index (χ1n) is 7.03. The molecule has 0 spiro atoms. The van der Waals surface area contributed by atoms with E-state index in [1.165, 1.54) is 19.1 Å². The van der Waals surface area contributed by atoms with E-state index in [2.05, 4.69) is 5.32 Å². The molecule has 0 heterocycles. The summed E-state index contributed by atoms with van der Waals surface area (Å²) in [6.45, 7) is 3.21. The summed E-state index contributed by atoms with van der Waals surface area (Å²) in [6, 6.07) is 9.25. The predicted octanol–water partition coefficient (Wildman–Crippen LogP) is 3.07. The Bertz CT molecular complexity index is 792. The third kappa shape index (κ3) is 4.19. The van der Waals surface area contributed by atoms with Crippen LogP contribution in [0.1, 0.15) is 22.8 Å². The summed E-state index contributed by atoms with van der Waals surface area (Å²) >= 11 is 11.8. The van der Waals surface area contributed by atoms with Crippen molar-refractivity contribution >= 4 is 40.8 Å². The second-order valence-electron chi connectivity index (χ2n) is 5.11. The summed E-state index contributed by atoms with van der Waals surface area (Å²) in [7, 11) is 0. The number of carboxylic acid groups (broad SMARTS) is 1. The van der Waals surface area contributed by atoms with Crippen molar-refractivity contribution in [2.24, 2.45) is 0 Å². The number of carboxylic acids is 1. The molecule has 2 aromatic carbocycles. The molecule has 1 atom stereocenters. The van der Waals surface area contributed by atoms with Crippen LogP contribution in [0, 0.1) is 6.92 Å². The first-order chi connectivity index (χ1) is 11.3. The number of amides is 1. The normalized spacial score (nSPS) is 11.7. The zero-order chi connectivity index (χ0) is 17.9. The topological polar surface area (TPSA) is 78.5 Å². The molecule has 2 aromatic rings. The fourth-order valence-corrected chi connectivity index (χ4v) is 2.50. The molecular weight excluding hydrogens is 353 g/mol. The van der Waals surface area contributed by atoms with Gasteiger partial charge in [0.05, 0.1) is 16.7 Å². The van der Waals surface area contributed by atoms with E-state index in [1.54, 1.807) is 31.2 Å². The van der Waals surface area contributed by atoms with Gasteiger partial charge in [-0.2, -0.15) is 0 Å². The first-order valence-corrected chi connectivity index (χ1v) is 7.78. The number of halogens is 2. The van der Waals surface area contributed by atoms with Crippen LogP contribution in [-0.2, 0) is 4.79 Å². The average molecular weight is 367 g/mol. The number of carbonyl (C=O) groups excluding carboxylic acids is 2. The molecule has 1 amide bonds. The maximum atomic E-state index is 12.3. The van der Waals surface area contributed by atoms with Gasteiger partial charge in [0.2, 0.25) is 0 Å². The van der Waals surface area contributed by atoms with E-state index in [9.17, 15) is 14.7 Å². The number of benzene rings is 2. The van der Waals surface area contributed by atoms with Gasteiger partial charge in [0.1, 0.15) is 5.75 Å². The van der Waals surface area contributed by atoms with Gasteiger partial charge in [0.25, 0.3) is 5.91 Å². The van der Waals surface area contributed by atoms with Gasteiger partial charge in [-0.3, -0.25) is 4.79 Å². The van der Waals surface area contributed by atoms with Crippen molar-refractivity contribution in [2.45, 2.75) is 20.0 Å². The standard InChI is InChI=1S/C17H15Cl2NO4/c1-9-4-3-5-12(17(22)23)15(9)20-16(21)10(2)24-14-7-6-11(18)8-13(14)19/h3-8,10H,1-2H3,(H,20,21)(H,22,23)/p-1/t10-/m0/s1. The molecule has 0 unspecified atom stereocenters. The Kier molecular flexibility index (Phi) is 5.70. The van der Waals surface area contributed by atoms with Gasteiger partial charge >= 0.3 is 0 Å². The van der Waals surface area contributed by atoms with Gasteiger partial charge in [-0.05, 0) is 37.6 Å². The number of aromatic carboxylic acids is 1. The molecule has 0 aromatic heterocycles. The molecule has 0 radical (unpaired) electrons. The number of anilines is 1. The summed E-state index contributed by atoms with van der Waals surface area (Å²) in [5, 5.41) is 14.4. The number of hydrogen-bond donors (Lipinski definition) is 1. The lowest BCUT2D eigenvalue weighted by Gasteiger charge is -2.19. The number of ether oxygens (including phenoxy) is 1. The van der Waals surface area contributed by atoms with Crippen molar-refractivity contribution in [3.63, 3.8) is 0 Å². The lowest BCUT2D eigenvalue weighted by atomic mass is 10.1. The lowest BCUT2D eigenvalue weighted by molar-refractivity contribution is -0.254. The van der Waals surface area contributed by atoms with Gasteiger partial charge in [0, 0.05) is 10.6 Å². The van der Waals surface area contributed by atoms with E-state index in [0.29, 0.717) is 16.3 Å². The smallest absolute Gasteiger partial charge is 0.265 e.